The molecule has 2 N–H and O–H groups in total. The second-order valence-corrected chi connectivity index (χ2v) is 11.9. The number of amides is 3. The molecular formula is C31H45N5O3. The lowest BCUT2D eigenvalue weighted by Gasteiger charge is -2.50. The Morgan fingerprint density at radius 1 is 1.08 bits per heavy atom. The number of nitrogens with one attached hydrogen (secondary N) is 2. The van der Waals surface area contributed by atoms with Gasteiger partial charge in [-0.1, -0.05) is 43.7 Å². The first kappa shape index (κ1) is 28.9. The summed E-state index contributed by atoms with van der Waals surface area (Å²) in [5.74, 6) is 1.49. The number of carbonyl (C=O) groups is 2. The molecule has 0 radical (unpaired) electrons. The highest BCUT2D eigenvalue weighted by atomic mass is 16.5. The summed E-state index contributed by atoms with van der Waals surface area (Å²) in [6.07, 6.45) is 9.48. The topological polar surface area (TPSA) is 86.8 Å². The Kier molecular flexibility index (Phi) is 9.49. The van der Waals surface area contributed by atoms with Gasteiger partial charge in [0.25, 0.3) is 0 Å². The van der Waals surface area contributed by atoms with E-state index < -0.39 is 0 Å². The summed E-state index contributed by atoms with van der Waals surface area (Å²) < 4.78 is 5.22. The standard InChI is InChI=1S/C31H45N5O3/c1-30(15-17-31(18-16-30,35(2)3)25-11-6-5-7-12-25)23-36(29(38)33-22-24-9-8-10-24)20-14-28(37)34-27-21-26(39-4)13-19-32-27/h5-7,11-13,19,21,24H,8-10,14-18,20,22-23H2,1-4H3,(H,33,38)(H,32,34,37). The fraction of sp³-hybridized carbons (Fsp3) is 0.581. The third-order valence-corrected chi connectivity index (χ3v) is 8.92. The first-order valence-corrected chi connectivity index (χ1v) is 14.3. The number of rotatable bonds is 11. The molecule has 2 aliphatic rings. The predicted molar refractivity (Wildman–Crippen MR) is 155 cm³/mol. The number of methoxy groups -OCH3 is 1. The second kappa shape index (κ2) is 12.8. The van der Waals surface area contributed by atoms with Crippen molar-refractivity contribution >= 4 is 17.8 Å². The number of aromatic nitrogens is 1. The van der Waals surface area contributed by atoms with E-state index in [0.29, 0.717) is 37.1 Å². The Bertz CT molecular complexity index is 1090. The lowest BCUT2D eigenvalue weighted by atomic mass is 9.65. The Balaban J connectivity index is 1.40. The molecule has 2 fully saturated rings. The van der Waals surface area contributed by atoms with E-state index in [1.165, 1.54) is 24.8 Å². The number of nitrogens with zero attached hydrogens (tertiary/aromatic N) is 3. The maximum Gasteiger partial charge on any atom is 0.317 e. The van der Waals surface area contributed by atoms with Crippen molar-refractivity contribution < 1.29 is 14.3 Å². The second-order valence-electron chi connectivity index (χ2n) is 11.9. The van der Waals surface area contributed by atoms with Crippen LogP contribution in [0.25, 0.3) is 0 Å². The number of pyridine rings is 1. The molecule has 1 heterocycles. The van der Waals surface area contributed by atoms with Gasteiger partial charge in [0.2, 0.25) is 5.91 Å². The zero-order chi connectivity index (χ0) is 27.9. The van der Waals surface area contributed by atoms with Crippen LogP contribution in [0.4, 0.5) is 10.6 Å². The van der Waals surface area contributed by atoms with Gasteiger partial charge >= 0.3 is 6.03 Å². The highest BCUT2D eigenvalue weighted by Gasteiger charge is 2.44. The van der Waals surface area contributed by atoms with Crippen LogP contribution < -0.4 is 15.4 Å². The van der Waals surface area contributed by atoms with Crippen molar-refractivity contribution in [3.8, 4) is 5.75 Å². The molecule has 8 heteroatoms. The summed E-state index contributed by atoms with van der Waals surface area (Å²) in [5, 5.41) is 6.00. The van der Waals surface area contributed by atoms with Gasteiger partial charge in [-0.05, 0) is 75.6 Å². The molecule has 0 aliphatic heterocycles. The molecule has 0 atom stereocenters. The van der Waals surface area contributed by atoms with E-state index >= 15 is 0 Å². The van der Waals surface area contributed by atoms with Gasteiger partial charge in [-0.25, -0.2) is 9.78 Å². The number of carbonyl (C=O) groups excluding carboxylic acids is 2. The van der Waals surface area contributed by atoms with Gasteiger partial charge in [0.1, 0.15) is 11.6 Å². The van der Waals surface area contributed by atoms with Crippen LogP contribution in [-0.4, -0.2) is 67.6 Å². The van der Waals surface area contributed by atoms with E-state index in [4.69, 9.17) is 4.74 Å². The summed E-state index contributed by atoms with van der Waals surface area (Å²) in [6.45, 7) is 4.00. The molecule has 39 heavy (non-hydrogen) atoms. The Hall–Kier alpha value is -3.13. The van der Waals surface area contributed by atoms with Crippen LogP contribution in [0.3, 0.4) is 0 Å². The van der Waals surface area contributed by atoms with Crippen LogP contribution in [0.15, 0.2) is 48.7 Å². The molecule has 4 rings (SSSR count). The van der Waals surface area contributed by atoms with Gasteiger partial charge in [-0.3, -0.25) is 9.69 Å². The van der Waals surface area contributed by atoms with Gasteiger partial charge in [-0.2, -0.15) is 0 Å². The van der Waals surface area contributed by atoms with Crippen LogP contribution in [0, 0.1) is 11.3 Å². The maximum absolute atomic E-state index is 13.4. The molecule has 8 nitrogen and oxygen atoms in total. The van der Waals surface area contributed by atoms with Gasteiger partial charge < -0.3 is 20.3 Å². The molecule has 1 aromatic heterocycles. The fourth-order valence-corrected chi connectivity index (χ4v) is 5.97. The summed E-state index contributed by atoms with van der Waals surface area (Å²) in [7, 11) is 5.92. The van der Waals surface area contributed by atoms with Crippen LogP contribution >= 0.6 is 0 Å². The first-order valence-electron chi connectivity index (χ1n) is 14.3. The number of hydrogen-bond donors (Lipinski definition) is 2. The summed E-state index contributed by atoms with van der Waals surface area (Å²) >= 11 is 0. The van der Waals surface area contributed by atoms with Crippen molar-refractivity contribution in [3.05, 3.63) is 54.2 Å². The molecule has 0 bridgehead atoms. The first-order chi connectivity index (χ1) is 18.7. The molecule has 212 valence electrons. The molecule has 2 saturated carbocycles. The molecule has 3 amide bonds. The normalized spacial score (nSPS) is 23.1. The third kappa shape index (κ3) is 7.29. The fourth-order valence-electron chi connectivity index (χ4n) is 5.97. The van der Waals surface area contributed by atoms with Gasteiger partial charge in [0, 0.05) is 43.9 Å². The predicted octanol–water partition coefficient (Wildman–Crippen LogP) is 5.27. The Morgan fingerprint density at radius 3 is 2.41 bits per heavy atom. The van der Waals surface area contributed by atoms with Crippen LogP contribution in [0.5, 0.6) is 5.75 Å². The van der Waals surface area contributed by atoms with Crippen molar-refractivity contribution in [3.63, 3.8) is 0 Å². The summed E-state index contributed by atoms with van der Waals surface area (Å²) in [4.78, 5) is 34.6. The van der Waals surface area contributed by atoms with Crippen LogP contribution in [0.2, 0.25) is 0 Å². The number of urea groups is 1. The molecule has 2 aliphatic carbocycles. The average molecular weight is 536 g/mol. The summed E-state index contributed by atoms with van der Waals surface area (Å²) in [5.41, 5.74) is 1.34. The average Bonchev–Trinajstić information content (AvgIpc) is 2.91. The van der Waals surface area contributed by atoms with Crippen molar-refractivity contribution in [1.82, 2.24) is 20.1 Å². The molecule has 0 unspecified atom stereocenters. The van der Waals surface area contributed by atoms with E-state index in [2.05, 4.69) is 71.9 Å². The minimum absolute atomic E-state index is 0.00169. The van der Waals surface area contributed by atoms with Gasteiger partial charge in [0.05, 0.1) is 7.11 Å². The number of ether oxygens (including phenoxy) is 1. The quantitative estimate of drug-likeness (QED) is 0.410. The smallest absolute Gasteiger partial charge is 0.317 e. The minimum atomic E-state index is -0.169. The van der Waals surface area contributed by atoms with E-state index in [-0.39, 0.29) is 29.3 Å². The highest BCUT2D eigenvalue weighted by molar-refractivity contribution is 5.90. The highest BCUT2D eigenvalue weighted by Crippen LogP contribution is 2.48. The minimum Gasteiger partial charge on any atom is -0.497 e. The van der Waals surface area contributed by atoms with Gasteiger partial charge in [0.15, 0.2) is 0 Å². The molecular weight excluding hydrogens is 490 g/mol. The van der Waals surface area contributed by atoms with E-state index in [1.54, 1.807) is 25.4 Å². The lowest BCUT2D eigenvalue weighted by molar-refractivity contribution is -0.116. The lowest BCUT2D eigenvalue weighted by Crippen LogP contribution is -2.51. The maximum atomic E-state index is 13.4. The van der Waals surface area contributed by atoms with Crippen LogP contribution in [0.1, 0.15) is 63.9 Å². The molecule has 2 aromatic rings. The van der Waals surface area contributed by atoms with Crippen molar-refractivity contribution in [2.24, 2.45) is 11.3 Å². The van der Waals surface area contributed by atoms with Crippen molar-refractivity contribution in [2.75, 3.05) is 46.2 Å². The Labute approximate surface area is 233 Å². The third-order valence-electron chi connectivity index (χ3n) is 8.92. The zero-order valence-corrected chi connectivity index (χ0v) is 24.0. The van der Waals surface area contributed by atoms with Crippen molar-refractivity contribution in [1.29, 1.82) is 0 Å². The SMILES string of the molecule is COc1ccnc(NC(=O)CCN(CC2(C)CCC(c3ccccc3)(N(C)C)CC2)C(=O)NCC2CCC2)c1. The van der Waals surface area contributed by atoms with Gasteiger partial charge in [-0.15, -0.1) is 0 Å². The summed E-state index contributed by atoms with van der Waals surface area (Å²) in [6, 6.07) is 14.1. The van der Waals surface area contributed by atoms with Crippen LogP contribution in [-0.2, 0) is 10.3 Å². The molecule has 1 aromatic carbocycles. The van der Waals surface area contributed by atoms with E-state index in [9.17, 15) is 9.59 Å². The van der Waals surface area contributed by atoms with E-state index in [1.807, 2.05) is 4.90 Å². The van der Waals surface area contributed by atoms with Crippen molar-refractivity contribution in [2.45, 2.75) is 63.8 Å². The number of benzene rings is 1. The largest absolute Gasteiger partial charge is 0.497 e. The Morgan fingerprint density at radius 2 is 1.79 bits per heavy atom. The number of anilines is 1. The monoisotopic (exact) mass is 535 g/mol. The molecule has 0 spiro atoms. The number of hydrogen-bond acceptors (Lipinski definition) is 5. The molecule has 0 saturated heterocycles. The van der Waals surface area contributed by atoms with E-state index in [0.717, 1.165) is 25.7 Å². The zero-order valence-electron chi connectivity index (χ0n) is 24.0.